The third-order valence-corrected chi connectivity index (χ3v) is 5.89. The predicted octanol–water partition coefficient (Wildman–Crippen LogP) is 4.92. The maximum atomic E-state index is 14.0. The Balaban J connectivity index is 1.70. The number of benzene rings is 2. The van der Waals surface area contributed by atoms with Gasteiger partial charge in [0.1, 0.15) is 5.82 Å². The number of aliphatic hydroxyl groups is 1. The van der Waals surface area contributed by atoms with Crippen molar-refractivity contribution >= 4 is 11.6 Å². The Labute approximate surface area is 196 Å². The Morgan fingerprint density at radius 2 is 1.88 bits per heavy atom. The van der Waals surface area contributed by atoms with Gasteiger partial charge in [0.05, 0.1) is 29.7 Å². The minimum absolute atomic E-state index is 0.271. The Morgan fingerprint density at radius 3 is 2.52 bits per heavy atom. The molecule has 170 valence electrons. The number of aliphatic hydroxyl groups excluding tert-OH is 1. The molecule has 0 radical (unpaired) electrons. The molecule has 0 saturated carbocycles. The van der Waals surface area contributed by atoms with Crippen molar-refractivity contribution in [1.82, 2.24) is 14.1 Å². The van der Waals surface area contributed by atoms with E-state index in [0.29, 0.717) is 28.1 Å². The standard InChI is InChI=1S/C26H25ClFN3O2/c1-16-6-20(11-23(28)7-16)25(14-32)31-13-22(27)10-21(26(31)33)9-19-4-5-24(17(2)8-19)30-12-18(3)29-15-30/h4-8,10-13,15,25,32H,9,14H2,1-3H3/t25-/m0/s1. The summed E-state index contributed by atoms with van der Waals surface area (Å²) >= 11 is 6.35. The zero-order chi connectivity index (χ0) is 23.7. The van der Waals surface area contributed by atoms with Gasteiger partial charge in [-0.3, -0.25) is 4.79 Å². The molecule has 0 aliphatic carbocycles. The fourth-order valence-corrected chi connectivity index (χ4v) is 4.42. The molecular formula is C26H25ClFN3O2. The average Bonchev–Trinajstić information content (AvgIpc) is 3.17. The Kier molecular flexibility index (Phi) is 6.49. The van der Waals surface area contributed by atoms with E-state index in [9.17, 15) is 14.3 Å². The molecule has 2 aromatic carbocycles. The van der Waals surface area contributed by atoms with E-state index >= 15 is 0 Å². The number of pyridine rings is 1. The van der Waals surface area contributed by atoms with E-state index < -0.39 is 11.9 Å². The molecule has 7 heteroatoms. The summed E-state index contributed by atoms with van der Waals surface area (Å²) in [6.45, 7) is 5.36. The maximum absolute atomic E-state index is 14.0. The lowest BCUT2D eigenvalue weighted by Gasteiger charge is -2.20. The smallest absolute Gasteiger partial charge is 0.254 e. The molecule has 1 atom stereocenters. The molecule has 33 heavy (non-hydrogen) atoms. The highest BCUT2D eigenvalue weighted by Gasteiger charge is 2.18. The van der Waals surface area contributed by atoms with Gasteiger partial charge in [-0.25, -0.2) is 9.37 Å². The van der Waals surface area contributed by atoms with Crippen molar-refractivity contribution in [1.29, 1.82) is 0 Å². The molecule has 0 bridgehead atoms. The van der Waals surface area contributed by atoms with E-state index in [2.05, 4.69) is 4.98 Å². The largest absolute Gasteiger partial charge is 0.394 e. The van der Waals surface area contributed by atoms with E-state index in [1.165, 1.54) is 22.9 Å². The van der Waals surface area contributed by atoms with Gasteiger partial charge in [-0.15, -0.1) is 0 Å². The van der Waals surface area contributed by atoms with Crippen LogP contribution in [0.3, 0.4) is 0 Å². The first-order valence-electron chi connectivity index (χ1n) is 10.6. The fraction of sp³-hybridized carbons (Fsp3) is 0.231. The third-order valence-electron chi connectivity index (χ3n) is 5.69. The molecule has 0 unspecified atom stereocenters. The van der Waals surface area contributed by atoms with E-state index in [4.69, 9.17) is 11.6 Å². The van der Waals surface area contributed by atoms with Crippen molar-refractivity contribution < 1.29 is 9.50 Å². The van der Waals surface area contributed by atoms with Crippen LogP contribution in [0.4, 0.5) is 4.39 Å². The van der Waals surface area contributed by atoms with Crippen molar-refractivity contribution in [3.63, 3.8) is 0 Å². The highest BCUT2D eigenvalue weighted by molar-refractivity contribution is 6.30. The monoisotopic (exact) mass is 465 g/mol. The Bertz CT molecular complexity index is 1360. The zero-order valence-electron chi connectivity index (χ0n) is 18.7. The summed E-state index contributed by atoms with van der Waals surface area (Å²) in [5.74, 6) is -0.414. The molecule has 2 aromatic heterocycles. The minimum atomic E-state index is -0.738. The molecule has 5 nitrogen and oxygen atoms in total. The van der Waals surface area contributed by atoms with Gasteiger partial charge in [0.25, 0.3) is 5.56 Å². The topological polar surface area (TPSA) is 60.1 Å². The molecule has 4 aromatic rings. The van der Waals surface area contributed by atoms with Crippen molar-refractivity contribution in [3.05, 3.63) is 116 Å². The zero-order valence-corrected chi connectivity index (χ0v) is 19.5. The molecule has 1 N–H and O–H groups in total. The van der Waals surface area contributed by atoms with Crippen molar-refractivity contribution in [2.45, 2.75) is 33.2 Å². The van der Waals surface area contributed by atoms with Gasteiger partial charge in [-0.2, -0.15) is 0 Å². The van der Waals surface area contributed by atoms with E-state index in [1.807, 2.05) is 42.8 Å². The SMILES string of the molecule is Cc1cc(F)cc([C@H](CO)n2cc(Cl)cc(Cc3ccc(-n4cnc(C)c4)c(C)c3)c2=O)c1. The molecule has 0 amide bonds. The average molecular weight is 466 g/mol. The number of imidazole rings is 1. The lowest BCUT2D eigenvalue weighted by molar-refractivity contribution is 0.246. The highest BCUT2D eigenvalue weighted by atomic mass is 35.5. The molecule has 2 heterocycles. The second kappa shape index (κ2) is 9.33. The summed E-state index contributed by atoms with van der Waals surface area (Å²) in [4.78, 5) is 17.6. The van der Waals surface area contributed by atoms with Gasteiger partial charge >= 0.3 is 0 Å². The van der Waals surface area contributed by atoms with Crippen LogP contribution in [0.5, 0.6) is 0 Å². The fourth-order valence-electron chi connectivity index (χ4n) is 4.18. The van der Waals surface area contributed by atoms with Crippen molar-refractivity contribution in [2.75, 3.05) is 6.61 Å². The quantitative estimate of drug-likeness (QED) is 0.439. The van der Waals surface area contributed by atoms with Gasteiger partial charge in [0.15, 0.2) is 0 Å². The van der Waals surface area contributed by atoms with Crippen molar-refractivity contribution in [3.8, 4) is 5.69 Å². The first-order valence-corrected chi connectivity index (χ1v) is 11.0. The summed E-state index contributed by atoms with van der Waals surface area (Å²) in [5.41, 5.74) is 5.42. The van der Waals surface area contributed by atoms with Gasteiger partial charge in [-0.1, -0.05) is 29.8 Å². The van der Waals surface area contributed by atoms with E-state index in [1.54, 1.807) is 25.4 Å². The van der Waals surface area contributed by atoms with Crippen LogP contribution in [-0.4, -0.2) is 25.8 Å². The molecule has 0 aliphatic heterocycles. The second-order valence-corrected chi connectivity index (χ2v) is 8.81. The van der Waals surface area contributed by atoms with Gasteiger partial charge in [0, 0.05) is 30.1 Å². The molecule has 0 spiro atoms. The summed E-state index contributed by atoms with van der Waals surface area (Å²) in [5, 5.41) is 10.4. The van der Waals surface area contributed by atoms with Gasteiger partial charge < -0.3 is 14.2 Å². The predicted molar refractivity (Wildman–Crippen MR) is 128 cm³/mol. The van der Waals surface area contributed by atoms with E-state index in [0.717, 1.165) is 22.5 Å². The number of halogens is 2. The summed E-state index contributed by atoms with van der Waals surface area (Å²) in [6, 6.07) is 11.4. The van der Waals surface area contributed by atoms with E-state index in [-0.39, 0.29) is 12.2 Å². The molecule has 4 rings (SSSR count). The molecular weight excluding hydrogens is 441 g/mol. The highest BCUT2D eigenvalue weighted by Crippen LogP contribution is 2.23. The first kappa shape index (κ1) is 23.0. The van der Waals surface area contributed by atoms with Crippen LogP contribution in [0.1, 0.15) is 39.6 Å². The maximum Gasteiger partial charge on any atom is 0.254 e. The number of aryl methyl sites for hydroxylation is 3. The molecule has 0 fully saturated rings. The van der Waals surface area contributed by atoms with Crippen LogP contribution < -0.4 is 5.56 Å². The molecule has 0 aliphatic rings. The van der Waals surface area contributed by atoms with Gasteiger partial charge in [0.2, 0.25) is 0 Å². The second-order valence-electron chi connectivity index (χ2n) is 8.38. The van der Waals surface area contributed by atoms with Gasteiger partial charge in [-0.05, 0) is 67.3 Å². The third kappa shape index (κ3) is 4.92. The Hall–Kier alpha value is -3.22. The summed E-state index contributed by atoms with van der Waals surface area (Å²) < 4.78 is 17.3. The number of hydrogen-bond donors (Lipinski definition) is 1. The van der Waals surface area contributed by atoms with Crippen LogP contribution in [0.2, 0.25) is 5.02 Å². The molecule has 0 saturated heterocycles. The number of aromatic nitrogens is 3. The van der Waals surface area contributed by atoms with Crippen molar-refractivity contribution in [2.24, 2.45) is 0 Å². The lowest BCUT2D eigenvalue weighted by Crippen LogP contribution is -2.30. The first-order chi connectivity index (χ1) is 15.7. The van der Waals surface area contributed by atoms with Crippen LogP contribution in [0, 0.1) is 26.6 Å². The normalized spacial score (nSPS) is 12.2. The number of rotatable bonds is 6. The summed E-state index contributed by atoms with van der Waals surface area (Å²) in [7, 11) is 0. The van der Waals surface area contributed by atoms with Crippen LogP contribution >= 0.6 is 11.6 Å². The minimum Gasteiger partial charge on any atom is -0.394 e. The lowest BCUT2D eigenvalue weighted by atomic mass is 10.0. The van der Waals surface area contributed by atoms with Crippen LogP contribution in [0.25, 0.3) is 5.69 Å². The number of nitrogens with zero attached hydrogens (tertiary/aromatic N) is 3. The number of hydrogen-bond acceptors (Lipinski definition) is 3. The summed E-state index contributed by atoms with van der Waals surface area (Å²) in [6.07, 6.45) is 5.60. The van der Waals surface area contributed by atoms with Crippen LogP contribution in [0.15, 0.2) is 66.0 Å². The Morgan fingerprint density at radius 1 is 1.09 bits per heavy atom. The van der Waals surface area contributed by atoms with Crippen LogP contribution in [-0.2, 0) is 6.42 Å².